The molecule has 0 radical (unpaired) electrons. The molecule has 1 fully saturated rings. The summed E-state index contributed by atoms with van der Waals surface area (Å²) in [5, 5.41) is 10.8. The SMILES string of the molecule is COc1cc(B2OC(C)(C)C(C)(C)O2)ccc1OCCCNC(=O)O. The maximum Gasteiger partial charge on any atom is 0.494 e. The summed E-state index contributed by atoms with van der Waals surface area (Å²) in [6.07, 6.45) is -0.474. The smallest absolute Gasteiger partial charge is 0.493 e. The van der Waals surface area contributed by atoms with E-state index < -0.39 is 24.4 Å². The van der Waals surface area contributed by atoms with Gasteiger partial charge in [0.05, 0.1) is 24.9 Å². The average Bonchev–Trinajstić information content (AvgIpc) is 2.75. The second-order valence-corrected chi connectivity index (χ2v) is 6.93. The minimum absolute atomic E-state index is 0.337. The lowest BCUT2D eigenvalue weighted by Gasteiger charge is -2.32. The van der Waals surface area contributed by atoms with Crippen molar-refractivity contribution in [2.75, 3.05) is 20.3 Å². The molecule has 1 heterocycles. The number of hydrogen-bond acceptors (Lipinski definition) is 5. The minimum atomic E-state index is -1.04. The van der Waals surface area contributed by atoms with Crippen molar-refractivity contribution >= 4 is 18.7 Å². The lowest BCUT2D eigenvalue weighted by Crippen LogP contribution is -2.41. The fourth-order valence-corrected chi connectivity index (χ4v) is 2.38. The van der Waals surface area contributed by atoms with Crippen molar-refractivity contribution in [3.63, 3.8) is 0 Å². The van der Waals surface area contributed by atoms with Gasteiger partial charge in [0.1, 0.15) is 0 Å². The first-order chi connectivity index (χ1) is 11.7. The van der Waals surface area contributed by atoms with Gasteiger partial charge in [0, 0.05) is 6.54 Å². The molecular formula is C17H26BNO6. The van der Waals surface area contributed by atoms with Crippen molar-refractivity contribution in [3.05, 3.63) is 18.2 Å². The maximum absolute atomic E-state index is 10.4. The predicted molar refractivity (Wildman–Crippen MR) is 94.8 cm³/mol. The van der Waals surface area contributed by atoms with Crippen molar-refractivity contribution < 1.29 is 28.7 Å². The van der Waals surface area contributed by atoms with E-state index in [-0.39, 0.29) is 0 Å². The molecule has 2 N–H and O–H groups in total. The third kappa shape index (κ3) is 4.58. The predicted octanol–water partition coefficient (Wildman–Crippen LogP) is 2.03. The second kappa shape index (κ2) is 7.53. The third-order valence-electron chi connectivity index (χ3n) is 4.57. The van der Waals surface area contributed by atoms with Gasteiger partial charge in [-0.25, -0.2) is 4.79 Å². The van der Waals surface area contributed by atoms with Crippen molar-refractivity contribution in [2.45, 2.75) is 45.3 Å². The molecule has 1 saturated heterocycles. The Labute approximate surface area is 148 Å². The Morgan fingerprint density at radius 3 is 2.40 bits per heavy atom. The average molecular weight is 351 g/mol. The third-order valence-corrected chi connectivity index (χ3v) is 4.57. The highest BCUT2D eigenvalue weighted by Gasteiger charge is 2.51. The van der Waals surface area contributed by atoms with Crippen LogP contribution in [-0.2, 0) is 9.31 Å². The van der Waals surface area contributed by atoms with Gasteiger partial charge in [-0.15, -0.1) is 0 Å². The maximum atomic E-state index is 10.4. The van der Waals surface area contributed by atoms with Gasteiger partial charge in [0.15, 0.2) is 11.5 Å². The van der Waals surface area contributed by atoms with E-state index in [0.717, 1.165) is 5.46 Å². The molecular weight excluding hydrogens is 325 g/mol. The Bertz CT molecular complexity index is 603. The molecule has 1 aliphatic heterocycles. The van der Waals surface area contributed by atoms with Gasteiger partial charge in [0.2, 0.25) is 0 Å². The van der Waals surface area contributed by atoms with E-state index in [0.29, 0.717) is 31.1 Å². The van der Waals surface area contributed by atoms with Crippen molar-refractivity contribution in [1.29, 1.82) is 0 Å². The Hall–Kier alpha value is -1.93. The summed E-state index contributed by atoms with van der Waals surface area (Å²) in [6, 6.07) is 5.53. The van der Waals surface area contributed by atoms with Crippen LogP contribution in [0.3, 0.4) is 0 Å². The van der Waals surface area contributed by atoms with Crippen LogP contribution in [-0.4, -0.2) is 49.8 Å². The summed E-state index contributed by atoms with van der Waals surface area (Å²) in [4.78, 5) is 10.4. The quantitative estimate of drug-likeness (QED) is 0.578. The van der Waals surface area contributed by atoms with E-state index in [9.17, 15) is 4.79 Å². The zero-order valence-corrected chi connectivity index (χ0v) is 15.4. The number of nitrogens with one attached hydrogen (secondary N) is 1. The van der Waals surface area contributed by atoms with Gasteiger partial charge in [-0.1, -0.05) is 6.07 Å². The lowest BCUT2D eigenvalue weighted by atomic mass is 9.79. The molecule has 0 saturated carbocycles. The molecule has 1 aliphatic rings. The highest BCUT2D eigenvalue weighted by molar-refractivity contribution is 6.62. The highest BCUT2D eigenvalue weighted by Crippen LogP contribution is 2.37. The molecule has 0 atom stereocenters. The number of hydrogen-bond donors (Lipinski definition) is 2. The highest BCUT2D eigenvalue weighted by atomic mass is 16.7. The molecule has 0 spiro atoms. The van der Waals surface area contributed by atoms with Crippen LogP contribution in [0.25, 0.3) is 0 Å². The largest absolute Gasteiger partial charge is 0.494 e. The first-order valence-electron chi connectivity index (χ1n) is 8.29. The fraction of sp³-hybridized carbons (Fsp3) is 0.588. The molecule has 1 amide bonds. The monoisotopic (exact) mass is 351 g/mol. The molecule has 0 aliphatic carbocycles. The van der Waals surface area contributed by atoms with Gasteiger partial charge < -0.3 is 29.2 Å². The van der Waals surface area contributed by atoms with Gasteiger partial charge in [-0.05, 0) is 51.7 Å². The summed E-state index contributed by atoms with van der Waals surface area (Å²) < 4.78 is 23.2. The van der Waals surface area contributed by atoms with E-state index >= 15 is 0 Å². The summed E-state index contributed by atoms with van der Waals surface area (Å²) in [6.45, 7) is 8.75. The number of amides is 1. The van der Waals surface area contributed by atoms with Crippen molar-refractivity contribution in [1.82, 2.24) is 5.32 Å². The van der Waals surface area contributed by atoms with Gasteiger partial charge >= 0.3 is 13.2 Å². The number of carbonyl (C=O) groups is 1. The van der Waals surface area contributed by atoms with Crippen LogP contribution in [0.1, 0.15) is 34.1 Å². The van der Waals surface area contributed by atoms with Crippen LogP contribution in [0.5, 0.6) is 11.5 Å². The van der Waals surface area contributed by atoms with Crippen molar-refractivity contribution in [3.8, 4) is 11.5 Å². The lowest BCUT2D eigenvalue weighted by molar-refractivity contribution is 0.00578. The first kappa shape index (κ1) is 19.4. The normalized spacial score (nSPS) is 18.0. The standard InChI is InChI=1S/C17H26BNO6/c1-16(2)17(3,4)25-18(24-16)12-7-8-13(14(11-12)22-5)23-10-6-9-19-15(20)21/h7-8,11,19H,6,9-10H2,1-5H3,(H,20,21). The Morgan fingerprint density at radius 2 is 1.84 bits per heavy atom. The number of carboxylic acid groups (broad SMARTS) is 1. The Kier molecular flexibility index (Phi) is 5.85. The number of benzene rings is 1. The molecule has 7 nitrogen and oxygen atoms in total. The molecule has 2 rings (SSSR count). The van der Waals surface area contributed by atoms with Crippen molar-refractivity contribution in [2.24, 2.45) is 0 Å². The summed E-state index contributed by atoms with van der Waals surface area (Å²) >= 11 is 0. The Morgan fingerprint density at radius 1 is 1.20 bits per heavy atom. The van der Waals surface area contributed by atoms with Crippen LogP contribution in [0.15, 0.2) is 18.2 Å². The molecule has 138 valence electrons. The number of rotatable bonds is 7. The second-order valence-electron chi connectivity index (χ2n) is 6.93. The summed E-state index contributed by atoms with van der Waals surface area (Å²) in [5.41, 5.74) is 0.0458. The van der Waals surface area contributed by atoms with E-state index in [4.69, 9.17) is 23.9 Å². The molecule has 25 heavy (non-hydrogen) atoms. The van der Waals surface area contributed by atoms with E-state index in [2.05, 4.69) is 5.32 Å². The zero-order chi connectivity index (χ0) is 18.7. The molecule has 0 aromatic heterocycles. The zero-order valence-electron chi connectivity index (χ0n) is 15.4. The minimum Gasteiger partial charge on any atom is -0.493 e. The van der Waals surface area contributed by atoms with Crippen LogP contribution in [0.2, 0.25) is 0 Å². The molecule has 0 bridgehead atoms. The van der Waals surface area contributed by atoms with Crippen LogP contribution >= 0.6 is 0 Å². The van der Waals surface area contributed by atoms with E-state index in [1.165, 1.54) is 0 Å². The Balaban J connectivity index is 2.01. The van der Waals surface area contributed by atoms with E-state index in [1.54, 1.807) is 7.11 Å². The number of methoxy groups -OCH3 is 1. The number of ether oxygens (including phenoxy) is 2. The summed E-state index contributed by atoms with van der Waals surface area (Å²) in [7, 11) is 1.11. The van der Waals surface area contributed by atoms with E-state index in [1.807, 2.05) is 45.9 Å². The molecule has 1 aromatic rings. The van der Waals surface area contributed by atoms with Crippen LogP contribution < -0.4 is 20.3 Å². The topological polar surface area (TPSA) is 86.3 Å². The van der Waals surface area contributed by atoms with Crippen LogP contribution in [0, 0.1) is 0 Å². The van der Waals surface area contributed by atoms with Gasteiger partial charge in [0.25, 0.3) is 0 Å². The molecule has 8 heteroatoms. The van der Waals surface area contributed by atoms with Gasteiger partial charge in [-0.2, -0.15) is 0 Å². The fourth-order valence-electron chi connectivity index (χ4n) is 2.38. The van der Waals surface area contributed by atoms with Gasteiger partial charge in [-0.3, -0.25) is 0 Å². The molecule has 1 aromatic carbocycles. The van der Waals surface area contributed by atoms with Crippen LogP contribution in [0.4, 0.5) is 4.79 Å². The first-order valence-corrected chi connectivity index (χ1v) is 8.29. The summed E-state index contributed by atoms with van der Waals surface area (Å²) in [5.74, 6) is 1.18. The molecule has 0 unspecified atom stereocenters.